The van der Waals surface area contributed by atoms with Gasteiger partial charge in [0.05, 0.1) is 5.69 Å². The monoisotopic (exact) mass is 250 g/mol. The number of nitrogens with zero attached hydrogens (tertiary/aromatic N) is 3. The lowest BCUT2D eigenvalue weighted by atomic mass is 9.97. The van der Waals surface area contributed by atoms with Crippen LogP contribution in [0.25, 0.3) is 0 Å². The van der Waals surface area contributed by atoms with Gasteiger partial charge in [-0.25, -0.2) is 4.98 Å². The van der Waals surface area contributed by atoms with Crippen molar-refractivity contribution in [3.63, 3.8) is 0 Å². The Labute approximate surface area is 110 Å². The lowest BCUT2D eigenvalue weighted by Crippen LogP contribution is -2.32. The van der Waals surface area contributed by atoms with E-state index in [1.165, 1.54) is 25.9 Å². The first kappa shape index (κ1) is 13.4. The zero-order chi connectivity index (χ0) is 13.1. The Morgan fingerprint density at radius 1 is 1.39 bits per heavy atom. The van der Waals surface area contributed by atoms with Gasteiger partial charge in [0.1, 0.15) is 0 Å². The van der Waals surface area contributed by atoms with E-state index >= 15 is 0 Å². The SMILES string of the molecule is Cc1cn(CC2CCN(C)CC2)c(NC(C)C)n1. The second-order valence-electron chi connectivity index (χ2n) is 5.90. The third-order valence-electron chi connectivity index (χ3n) is 3.61. The molecule has 1 fully saturated rings. The first-order valence-corrected chi connectivity index (χ1v) is 7.03. The Morgan fingerprint density at radius 3 is 2.67 bits per heavy atom. The molecule has 2 rings (SSSR count). The molecule has 1 aromatic rings. The highest BCUT2D eigenvalue weighted by molar-refractivity contribution is 5.29. The summed E-state index contributed by atoms with van der Waals surface area (Å²) in [5.74, 6) is 1.82. The molecule has 1 aromatic heterocycles. The van der Waals surface area contributed by atoms with Crippen LogP contribution in [0.4, 0.5) is 5.95 Å². The second kappa shape index (κ2) is 5.74. The minimum atomic E-state index is 0.433. The molecule has 0 aromatic carbocycles. The van der Waals surface area contributed by atoms with Crippen molar-refractivity contribution in [1.82, 2.24) is 14.5 Å². The maximum atomic E-state index is 4.57. The fraction of sp³-hybridized carbons (Fsp3) is 0.786. The van der Waals surface area contributed by atoms with E-state index in [-0.39, 0.29) is 0 Å². The molecular weight excluding hydrogens is 224 g/mol. The molecule has 0 spiro atoms. The van der Waals surface area contributed by atoms with Crippen LogP contribution in [-0.4, -0.2) is 40.6 Å². The molecule has 18 heavy (non-hydrogen) atoms. The van der Waals surface area contributed by atoms with Crippen LogP contribution in [0.2, 0.25) is 0 Å². The Morgan fingerprint density at radius 2 is 2.06 bits per heavy atom. The summed E-state index contributed by atoms with van der Waals surface area (Å²) in [5.41, 5.74) is 1.10. The molecule has 1 saturated heterocycles. The van der Waals surface area contributed by atoms with Crippen LogP contribution in [0.15, 0.2) is 6.20 Å². The number of imidazole rings is 1. The fourth-order valence-corrected chi connectivity index (χ4v) is 2.58. The molecule has 1 aliphatic heterocycles. The molecule has 4 heteroatoms. The molecular formula is C14H26N4. The van der Waals surface area contributed by atoms with Gasteiger partial charge in [0.2, 0.25) is 5.95 Å². The summed E-state index contributed by atoms with van der Waals surface area (Å²) in [6.07, 6.45) is 4.77. The van der Waals surface area contributed by atoms with Crippen LogP contribution >= 0.6 is 0 Å². The molecule has 0 amide bonds. The van der Waals surface area contributed by atoms with Crippen molar-refractivity contribution in [3.05, 3.63) is 11.9 Å². The third-order valence-corrected chi connectivity index (χ3v) is 3.61. The average Bonchev–Trinajstić information content (AvgIpc) is 2.61. The molecule has 0 unspecified atom stereocenters. The average molecular weight is 250 g/mol. The second-order valence-corrected chi connectivity index (χ2v) is 5.90. The van der Waals surface area contributed by atoms with Gasteiger partial charge < -0.3 is 14.8 Å². The van der Waals surface area contributed by atoms with Crippen molar-refractivity contribution < 1.29 is 0 Å². The van der Waals surface area contributed by atoms with Gasteiger partial charge in [0.15, 0.2) is 0 Å². The first-order chi connectivity index (χ1) is 8.54. The number of rotatable bonds is 4. The summed E-state index contributed by atoms with van der Waals surface area (Å²) in [7, 11) is 2.21. The number of piperidine rings is 1. The Bertz CT molecular complexity index is 375. The number of likely N-dealkylation sites (tertiary alicyclic amines) is 1. The molecule has 0 radical (unpaired) electrons. The van der Waals surface area contributed by atoms with Gasteiger partial charge in [-0.2, -0.15) is 0 Å². The van der Waals surface area contributed by atoms with Crippen molar-refractivity contribution in [2.45, 2.75) is 46.2 Å². The van der Waals surface area contributed by atoms with Gasteiger partial charge >= 0.3 is 0 Å². The normalized spacial score (nSPS) is 18.5. The number of anilines is 1. The van der Waals surface area contributed by atoms with Crippen LogP contribution in [0, 0.1) is 12.8 Å². The van der Waals surface area contributed by atoms with Crippen molar-refractivity contribution in [2.75, 3.05) is 25.5 Å². The van der Waals surface area contributed by atoms with E-state index in [1.807, 2.05) is 0 Å². The van der Waals surface area contributed by atoms with Crippen molar-refractivity contribution in [2.24, 2.45) is 5.92 Å². The smallest absolute Gasteiger partial charge is 0.203 e. The van der Waals surface area contributed by atoms with Crippen molar-refractivity contribution in [3.8, 4) is 0 Å². The lowest BCUT2D eigenvalue weighted by molar-refractivity contribution is 0.205. The van der Waals surface area contributed by atoms with E-state index < -0.39 is 0 Å². The molecule has 1 N–H and O–H groups in total. The zero-order valence-electron chi connectivity index (χ0n) is 12.1. The molecule has 0 bridgehead atoms. The van der Waals surface area contributed by atoms with E-state index in [0.717, 1.165) is 24.1 Å². The maximum Gasteiger partial charge on any atom is 0.203 e. The summed E-state index contributed by atoms with van der Waals surface area (Å²) >= 11 is 0. The van der Waals surface area contributed by atoms with Gasteiger partial charge in [-0.15, -0.1) is 0 Å². The predicted octanol–water partition coefficient (Wildman–Crippen LogP) is 2.35. The minimum absolute atomic E-state index is 0.433. The number of nitrogens with one attached hydrogen (secondary N) is 1. The quantitative estimate of drug-likeness (QED) is 0.890. The van der Waals surface area contributed by atoms with Gasteiger partial charge in [0, 0.05) is 18.8 Å². The topological polar surface area (TPSA) is 33.1 Å². The summed E-state index contributed by atoms with van der Waals surface area (Å²) < 4.78 is 2.30. The fourth-order valence-electron chi connectivity index (χ4n) is 2.58. The van der Waals surface area contributed by atoms with E-state index in [2.05, 4.69) is 53.8 Å². The van der Waals surface area contributed by atoms with E-state index in [4.69, 9.17) is 0 Å². The van der Waals surface area contributed by atoms with Crippen LogP contribution in [-0.2, 0) is 6.54 Å². The number of hydrogen-bond acceptors (Lipinski definition) is 3. The van der Waals surface area contributed by atoms with Crippen LogP contribution in [0.1, 0.15) is 32.4 Å². The van der Waals surface area contributed by atoms with Gasteiger partial charge in [0.25, 0.3) is 0 Å². The lowest BCUT2D eigenvalue weighted by Gasteiger charge is -2.29. The van der Waals surface area contributed by atoms with E-state index in [9.17, 15) is 0 Å². The van der Waals surface area contributed by atoms with Gasteiger partial charge in [-0.05, 0) is 59.7 Å². The summed E-state index contributed by atoms with van der Waals surface area (Å²) in [4.78, 5) is 6.99. The molecule has 0 saturated carbocycles. The molecule has 0 aliphatic carbocycles. The van der Waals surface area contributed by atoms with Crippen LogP contribution < -0.4 is 5.32 Å². The summed E-state index contributed by atoms with van der Waals surface area (Å²) in [6, 6.07) is 0.433. The number of hydrogen-bond donors (Lipinski definition) is 1. The molecule has 102 valence electrons. The van der Waals surface area contributed by atoms with E-state index in [1.54, 1.807) is 0 Å². The van der Waals surface area contributed by atoms with Crippen molar-refractivity contribution in [1.29, 1.82) is 0 Å². The number of aryl methyl sites for hydroxylation is 1. The summed E-state index contributed by atoms with van der Waals surface area (Å²) in [6.45, 7) is 9.94. The summed E-state index contributed by atoms with van der Waals surface area (Å²) in [5, 5.41) is 3.43. The van der Waals surface area contributed by atoms with Gasteiger partial charge in [-0.3, -0.25) is 0 Å². The standard InChI is InChI=1S/C14H26N4/c1-11(2)15-14-16-12(3)9-18(14)10-13-5-7-17(4)8-6-13/h9,11,13H,5-8,10H2,1-4H3,(H,15,16). The highest BCUT2D eigenvalue weighted by Gasteiger charge is 2.18. The Hall–Kier alpha value is -1.03. The largest absolute Gasteiger partial charge is 0.353 e. The Balaban J connectivity index is 1.99. The van der Waals surface area contributed by atoms with Crippen LogP contribution in [0.3, 0.4) is 0 Å². The van der Waals surface area contributed by atoms with Crippen molar-refractivity contribution >= 4 is 5.95 Å². The molecule has 2 heterocycles. The first-order valence-electron chi connectivity index (χ1n) is 7.03. The molecule has 0 atom stereocenters. The van der Waals surface area contributed by atoms with E-state index in [0.29, 0.717) is 6.04 Å². The number of aromatic nitrogens is 2. The maximum absolute atomic E-state index is 4.57. The Kier molecular flexibility index (Phi) is 4.27. The third kappa shape index (κ3) is 3.48. The predicted molar refractivity (Wildman–Crippen MR) is 75.9 cm³/mol. The molecule has 4 nitrogen and oxygen atoms in total. The highest BCUT2D eigenvalue weighted by Crippen LogP contribution is 2.20. The molecule has 1 aliphatic rings. The van der Waals surface area contributed by atoms with Crippen LogP contribution in [0.5, 0.6) is 0 Å². The zero-order valence-corrected chi connectivity index (χ0v) is 12.1. The minimum Gasteiger partial charge on any atom is -0.353 e. The highest BCUT2D eigenvalue weighted by atomic mass is 15.2. The van der Waals surface area contributed by atoms with Gasteiger partial charge in [-0.1, -0.05) is 0 Å².